The van der Waals surface area contributed by atoms with Gasteiger partial charge in [0.15, 0.2) is 11.5 Å². The van der Waals surface area contributed by atoms with Crippen LogP contribution >= 0.6 is 0 Å². The highest BCUT2D eigenvalue weighted by Crippen LogP contribution is 2.38. The van der Waals surface area contributed by atoms with E-state index in [4.69, 9.17) is 14.2 Å². The number of methoxy groups -OCH3 is 1. The molecular weight excluding hydrogens is 444 g/mol. The van der Waals surface area contributed by atoms with Crippen molar-refractivity contribution in [2.24, 2.45) is 0 Å². The van der Waals surface area contributed by atoms with Crippen LogP contribution in [0.5, 0.6) is 11.5 Å². The van der Waals surface area contributed by atoms with Crippen molar-refractivity contribution in [2.45, 2.75) is 43.2 Å². The number of likely N-dealkylation sites (tertiary alicyclic amines) is 1. The van der Waals surface area contributed by atoms with Gasteiger partial charge in [0, 0.05) is 31.7 Å². The summed E-state index contributed by atoms with van der Waals surface area (Å²) in [5.74, 6) is 1.33. The van der Waals surface area contributed by atoms with Gasteiger partial charge in [-0.3, -0.25) is 4.79 Å². The second kappa shape index (κ2) is 10.1. The van der Waals surface area contributed by atoms with Crippen LogP contribution in [0.1, 0.15) is 48.1 Å². The average Bonchev–Trinajstić information content (AvgIpc) is 3.17. The highest BCUT2D eigenvalue weighted by Gasteiger charge is 2.31. The highest BCUT2D eigenvalue weighted by atomic mass is 32.2. The zero-order valence-electron chi connectivity index (χ0n) is 19.0. The fraction of sp³-hybridized carbons (Fsp3) is 0.458. The highest BCUT2D eigenvalue weighted by molar-refractivity contribution is 7.89. The van der Waals surface area contributed by atoms with Crippen LogP contribution in [0.3, 0.4) is 0 Å². The van der Waals surface area contributed by atoms with E-state index in [-0.39, 0.29) is 29.5 Å². The molecule has 33 heavy (non-hydrogen) atoms. The standard InChI is InChI=1S/C24H30N2O6S/c1-17(16-30-2)25-33(28,29)20-9-6-18(7-10-20)24(27)26-12-3-5-21(26)19-8-11-22-23(15-19)32-14-4-13-31-22/h6-11,15,17,21,25H,3-5,12-14,16H2,1-2H3/t17-,21-/m0/s1. The number of nitrogens with zero attached hydrogens (tertiary/aromatic N) is 1. The fourth-order valence-electron chi connectivity index (χ4n) is 4.30. The van der Waals surface area contributed by atoms with Gasteiger partial charge in [0.2, 0.25) is 10.0 Å². The molecule has 0 saturated carbocycles. The van der Waals surface area contributed by atoms with Gasteiger partial charge in [-0.2, -0.15) is 0 Å². The monoisotopic (exact) mass is 474 g/mol. The van der Waals surface area contributed by atoms with E-state index in [1.807, 2.05) is 23.1 Å². The smallest absolute Gasteiger partial charge is 0.254 e. The van der Waals surface area contributed by atoms with Crippen molar-refractivity contribution in [3.8, 4) is 11.5 Å². The fourth-order valence-corrected chi connectivity index (χ4v) is 5.53. The molecule has 0 radical (unpaired) electrons. The molecule has 0 unspecified atom stereocenters. The molecule has 0 bridgehead atoms. The first-order valence-corrected chi connectivity index (χ1v) is 12.7. The van der Waals surface area contributed by atoms with Gasteiger partial charge in [0.05, 0.1) is 30.8 Å². The van der Waals surface area contributed by atoms with E-state index in [1.54, 1.807) is 19.1 Å². The molecule has 0 aliphatic carbocycles. The van der Waals surface area contributed by atoms with Gasteiger partial charge in [-0.05, 0) is 61.7 Å². The van der Waals surface area contributed by atoms with Crippen molar-refractivity contribution >= 4 is 15.9 Å². The molecule has 2 atom stereocenters. The Balaban J connectivity index is 1.50. The third-order valence-electron chi connectivity index (χ3n) is 5.85. The molecule has 2 heterocycles. The van der Waals surface area contributed by atoms with E-state index >= 15 is 0 Å². The molecule has 1 saturated heterocycles. The number of carbonyl (C=O) groups is 1. The van der Waals surface area contributed by atoms with Crippen LogP contribution in [-0.4, -0.2) is 58.7 Å². The van der Waals surface area contributed by atoms with Crippen LogP contribution in [0.25, 0.3) is 0 Å². The lowest BCUT2D eigenvalue weighted by Crippen LogP contribution is -2.35. The summed E-state index contributed by atoms with van der Waals surface area (Å²) in [7, 11) is -2.17. The summed E-state index contributed by atoms with van der Waals surface area (Å²) in [4.78, 5) is 15.2. The largest absolute Gasteiger partial charge is 0.490 e. The summed E-state index contributed by atoms with van der Waals surface area (Å²) >= 11 is 0. The summed E-state index contributed by atoms with van der Waals surface area (Å²) in [6, 6.07) is 11.5. The zero-order valence-corrected chi connectivity index (χ0v) is 19.8. The van der Waals surface area contributed by atoms with E-state index in [0.29, 0.717) is 31.1 Å². The normalized spacial score (nSPS) is 19.2. The Labute approximate surface area is 194 Å². The molecule has 0 aromatic heterocycles. The second-order valence-electron chi connectivity index (χ2n) is 8.42. The van der Waals surface area contributed by atoms with Gasteiger partial charge in [-0.1, -0.05) is 6.07 Å². The van der Waals surface area contributed by atoms with Gasteiger partial charge < -0.3 is 19.1 Å². The van der Waals surface area contributed by atoms with Crippen LogP contribution in [-0.2, 0) is 14.8 Å². The molecule has 2 aliphatic rings. The maximum absolute atomic E-state index is 13.3. The first-order valence-electron chi connectivity index (χ1n) is 11.2. The molecule has 0 spiro atoms. The predicted octanol–water partition coefficient (Wildman–Crippen LogP) is 3.14. The zero-order chi connectivity index (χ0) is 23.4. The van der Waals surface area contributed by atoms with Crippen molar-refractivity contribution in [3.63, 3.8) is 0 Å². The van der Waals surface area contributed by atoms with Gasteiger partial charge in [0.25, 0.3) is 5.91 Å². The summed E-state index contributed by atoms with van der Waals surface area (Å²) < 4.78 is 44.2. The Morgan fingerprint density at radius 1 is 1.12 bits per heavy atom. The lowest BCUT2D eigenvalue weighted by atomic mass is 10.0. The molecular formula is C24H30N2O6S. The van der Waals surface area contributed by atoms with E-state index in [9.17, 15) is 13.2 Å². The van der Waals surface area contributed by atoms with Gasteiger partial charge >= 0.3 is 0 Å². The Morgan fingerprint density at radius 3 is 2.58 bits per heavy atom. The lowest BCUT2D eigenvalue weighted by Gasteiger charge is -2.26. The van der Waals surface area contributed by atoms with Gasteiger partial charge in [0.1, 0.15) is 0 Å². The quantitative estimate of drug-likeness (QED) is 0.663. The molecule has 178 valence electrons. The summed E-state index contributed by atoms with van der Waals surface area (Å²) in [5.41, 5.74) is 1.47. The minimum atomic E-state index is -3.69. The van der Waals surface area contributed by atoms with Crippen molar-refractivity contribution in [1.29, 1.82) is 0 Å². The number of sulfonamides is 1. The molecule has 2 aromatic rings. The summed E-state index contributed by atoms with van der Waals surface area (Å²) in [5, 5.41) is 0. The molecule has 2 aromatic carbocycles. The number of hydrogen-bond donors (Lipinski definition) is 1. The van der Waals surface area contributed by atoms with Gasteiger partial charge in [-0.15, -0.1) is 0 Å². The minimum Gasteiger partial charge on any atom is -0.490 e. The minimum absolute atomic E-state index is 0.0605. The predicted molar refractivity (Wildman–Crippen MR) is 123 cm³/mol. The second-order valence-corrected chi connectivity index (χ2v) is 10.1. The third kappa shape index (κ3) is 5.31. The number of nitrogens with one attached hydrogen (secondary N) is 1. The van der Waals surface area contributed by atoms with Gasteiger partial charge in [-0.25, -0.2) is 13.1 Å². The van der Waals surface area contributed by atoms with Crippen LogP contribution in [0.2, 0.25) is 0 Å². The van der Waals surface area contributed by atoms with Crippen molar-refractivity contribution < 1.29 is 27.4 Å². The molecule has 4 rings (SSSR count). The maximum atomic E-state index is 13.3. The van der Waals surface area contributed by atoms with Crippen LogP contribution in [0, 0.1) is 0 Å². The first kappa shape index (κ1) is 23.5. The Bertz CT molecular complexity index is 1090. The maximum Gasteiger partial charge on any atom is 0.254 e. The topological polar surface area (TPSA) is 94.2 Å². The number of ether oxygens (including phenoxy) is 3. The van der Waals surface area contributed by atoms with Crippen molar-refractivity contribution in [3.05, 3.63) is 53.6 Å². The Morgan fingerprint density at radius 2 is 1.85 bits per heavy atom. The molecule has 1 N–H and O–H groups in total. The molecule has 2 aliphatic heterocycles. The van der Waals surface area contributed by atoms with E-state index in [0.717, 1.165) is 30.6 Å². The number of hydrogen-bond acceptors (Lipinski definition) is 6. The van der Waals surface area contributed by atoms with Crippen LogP contribution < -0.4 is 14.2 Å². The Hall–Kier alpha value is -2.62. The van der Waals surface area contributed by atoms with E-state index in [1.165, 1.54) is 19.2 Å². The Kier molecular flexibility index (Phi) is 7.21. The number of benzene rings is 2. The lowest BCUT2D eigenvalue weighted by molar-refractivity contribution is 0.0735. The summed E-state index contributed by atoms with van der Waals surface area (Å²) in [6.07, 6.45) is 2.60. The van der Waals surface area contributed by atoms with E-state index in [2.05, 4.69) is 4.72 Å². The third-order valence-corrected chi connectivity index (χ3v) is 7.46. The van der Waals surface area contributed by atoms with Crippen molar-refractivity contribution in [2.75, 3.05) is 33.5 Å². The first-order chi connectivity index (χ1) is 15.9. The van der Waals surface area contributed by atoms with Crippen molar-refractivity contribution in [1.82, 2.24) is 9.62 Å². The SMILES string of the molecule is COC[C@H](C)NS(=O)(=O)c1ccc(C(=O)N2CCC[C@H]2c2ccc3c(c2)OCCCO3)cc1. The number of amides is 1. The summed E-state index contributed by atoms with van der Waals surface area (Å²) in [6.45, 7) is 3.89. The number of rotatable bonds is 7. The number of fused-ring (bicyclic) bond motifs is 1. The van der Waals surface area contributed by atoms with E-state index < -0.39 is 10.0 Å². The molecule has 9 heteroatoms. The van der Waals surface area contributed by atoms with Crippen LogP contribution in [0.4, 0.5) is 0 Å². The molecule has 8 nitrogen and oxygen atoms in total. The average molecular weight is 475 g/mol. The molecule has 1 amide bonds. The number of carbonyl (C=O) groups excluding carboxylic acids is 1. The van der Waals surface area contributed by atoms with Crippen LogP contribution in [0.15, 0.2) is 47.4 Å². The molecule has 1 fully saturated rings.